The zero-order valence-electron chi connectivity index (χ0n) is 15.8. The summed E-state index contributed by atoms with van der Waals surface area (Å²) in [6.07, 6.45) is 0.731. The molecular weight excluding hydrogens is 354 g/mol. The quantitative estimate of drug-likeness (QED) is 0.883. The Bertz CT molecular complexity index is 832. The highest BCUT2D eigenvalue weighted by Gasteiger charge is 2.31. The van der Waals surface area contributed by atoms with E-state index in [2.05, 4.69) is 10.2 Å². The average molecular weight is 379 g/mol. The molecule has 1 fully saturated rings. The molecule has 0 saturated carbocycles. The van der Waals surface area contributed by atoms with Crippen LogP contribution in [-0.2, 0) is 16.0 Å². The molecule has 1 atom stereocenters. The first-order valence-electron chi connectivity index (χ1n) is 9.76. The predicted molar refractivity (Wildman–Crippen MR) is 107 cm³/mol. The van der Waals surface area contributed by atoms with Gasteiger partial charge in [-0.05, 0) is 30.2 Å². The van der Waals surface area contributed by atoms with Gasteiger partial charge in [0.15, 0.2) is 0 Å². The molecule has 146 valence electrons. The number of ether oxygens (including phenoxy) is 1. The number of para-hydroxylation sites is 2. The fourth-order valence-electron chi connectivity index (χ4n) is 3.80. The zero-order chi connectivity index (χ0) is 19.3. The normalized spacial score (nSPS) is 19.4. The summed E-state index contributed by atoms with van der Waals surface area (Å²) in [5, 5.41) is 2.91. The zero-order valence-corrected chi connectivity index (χ0v) is 15.8. The van der Waals surface area contributed by atoms with Crippen molar-refractivity contribution < 1.29 is 14.3 Å². The number of amides is 2. The predicted octanol–water partition coefficient (Wildman–Crippen LogP) is 2.02. The van der Waals surface area contributed by atoms with Crippen molar-refractivity contribution in [2.45, 2.75) is 6.42 Å². The fraction of sp³-hybridized carbons (Fsp3) is 0.364. The number of anilines is 1. The summed E-state index contributed by atoms with van der Waals surface area (Å²) < 4.78 is 5.77. The van der Waals surface area contributed by atoms with Gasteiger partial charge < -0.3 is 15.0 Å². The van der Waals surface area contributed by atoms with E-state index in [1.165, 1.54) is 0 Å². The molecule has 2 aromatic carbocycles. The lowest BCUT2D eigenvalue weighted by Crippen LogP contribution is -2.52. The van der Waals surface area contributed by atoms with Crippen LogP contribution in [0.3, 0.4) is 0 Å². The Morgan fingerprint density at radius 3 is 2.46 bits per heavy atom. The topological polar surface area (TPSA) is 61.9 Å². The number of benzene rings is 2. The van der Waals surface area contributed by atoms with E-state index in [0.717, 1.165) is 23.4 Å². The third-order valence-corrected chi connectivity index (χ3v) is 5.34. The number of nitrogens with zero attached hydrogens (tertiary/aromatic N) is 2. The lowest BCUT2D eigenvalue weighted by molar-refractivity contribution is -0.138. The van der Waals surface area contributed by atoms with Gasteiger partial charge in [0.25, 0.3) is 0 Å². The van der Waals surface area contributed by atoms with Gasteiger partial charge in [0.05, 0.1) is 12.5 Å². The van der Waals surface area contributed by atoms with E-state index in [0.29, 0.717) is 39.3 Å². The van der Waals surface area contributed by atoms with E-state index in [9.17, 15) is 9.59 Å². The van der Waals surface area contributed by atoms with Gasteiger partial charge >= 0.3 is 0 Å². The Morgan fingerprint density at radius 1 is 0.964 bits per heavy atom. The van der Waals surface area contributed by atoms with Crippen LogP contribution in [0.25, 0.3) is 0 Å². The highest BCUT2D eigenvalue weighted by molar-refractivity contribution is 5.92. The Balaban J connectivity index is 1.25. The van der Waals surface area contributed by atoms with Crippen molar-refractivity contribution in [3.8, 4) is 5.75 Å². The molecule has 2 aliphatic heterocycles. The van der Waals surface area contributed by atoms with Crippen LogP contribution in [0.5, 0.6) is 5.75 Å². The van der Waals surface area contributed by atoms with Gasteiger partial charge in [0.2, 0.25) is 11.8 Å². The standard InChI is InChI=1S/C22H25N3O3/c26-21(23-19-7-2-1-3-8-19)15-24-10-12-25(13-11-24)22(27)18-14-17-6-4-5-9-20(17)28-16-18/h1-9,18H,10-16H2,(H,23,26). The maximum absolute atomic E-state index is 12.9. The van der Waals surface area contributed by atoms with E-state index in [4.69, 9.17) is 4.74 Å². The van der Waals surface area contributed by atoms with E-state index in [1.807, 2.05) is 59.5 Å². The van der Waals surface area contributed by atoms with E-state index in [1.54, 1.807) is 0 Å². The van der Waals surface area contributed by atoms with E-state index in [-0.39, 0.29) is 17.7 Å². The first-order valence-corrected chi connectivity index (χ1v) is 9.76. The molecule has 28 heavy (non-hydrogen) atoms. The molecule has 0 spiro atoms. The summed E-state index contributed by atoms with van der Waals surface area (Å²) in [6, 6.07) is 17.4. The van der Waals surface area contributed by atoms with Gasteiger partial charge in [0.1, 0.15) is 12.4 Å². The summed E-state index contributed by atoms with van der Waals surface area (Å²) in [5.41, 5.74) is 1.90. The Hall–Kier alpha value is -2.86. The van der Waals surface area contributed by atoms with Crippen molar-refractivity contribution in [1.29, 1.82) is 0 Å². The summed E-state index contributed by atoms with van der Waals surface area (Å²) in [7, 11) is 0. The van der Waals surface area contributed by atoms with Crippen LogP contribution in [0, 0.1) is 5.92 Å². The van der Waals surface area contributed by atoms with Crippen LogP contribution in [0.2, 0.25) is 0 Å². The third-order valence-electron chi connectivity index (χ3n) is 5.34. The smallest absolute Gasteiger partial charge is 0.238 e. The Kier molecular flexibility index (Phi) is 5.58. The minimum absolute atomic E-state index is 0.0248. The highest BCUT2D eigenvalue weighted by Crippen LogP contribution is 2.27. The monoisotopic (exact) mass is 379 g/mol. The molecule has 0 aromatic heterocycles. The number of rotatable bonds is 4. The van der Waals surface area contributed by atoms with Gasteiger partial charge in [-0.2, -0.15) is 0 Å². The molecule has 2 heterocycles. The summed E-state index contributed by atoms with van der Waals surface area (Å²) in [6.45, 7) is 3.49. The first kappa shape index (κ1) is 18.5. The van der Waals surface area contributed by atoms with Crippen molar-refractivity contribution in [2.24, 2.45) is 5.92 Å². The van der Waals surface area contributed by atoms with Crippen molar-refractivity contribution in [3.05, 3.63) is 60.2 Å². The van der Waals surface area contributed by atoms with Crippen LogP contribution in [0.1, 0.15) is 5.56 Å². The second kappa shape index (κ2) is 8.44. The van der Waals surface area contributed by atoms with Crippen LogP contribution >= 0.6 is 0 Å². The Labute approximate surface area is 165 Å². The van der Waals surface area contributed by atoms with Gasteiger partial charge in [-0.15, -0.1) is 0 Å². The average Bonchev–Trinajstić information content (AvgIpc) is 2.74. The van der Waals surface area contributed by atoms with Crippen LogP contribution in [0.15, 0.2) is 54.6 Å². The molecule has 2 aromatic rings. The molecule has 2 amide bonds. The number of piperazine rings is 1. The van der Waals surface area contributed by atoms with Crippen LogP contribution < -0.4 is 10.1 Å². The molecule has 1 unspecified atom stereocenters. The number of carbonyl (C=O) groups is 2. The summed E-state index contributed by atoms with van der Waals surface area (Å²) in [5.74, 6) is 0.898. The molecule has 6 heteroatoms. The van der Waals surface area contributed by atoms with Gasteiger partial charge in [-0.3, -0.25) is 14.5 Å². The highest BCUT2D eigenvalue weighted by atomic mass is 16.5. The molecule has 0 aliphatic carbocycles. The number of carbonyl (C=O) groups excluding carboxylic acids is 2. The molecule has 1 N–H and O–H groups in total. The molecule has 0 bridgehead atoms. The lowest BCUT2D eigenvalue weighted by Gasteiger charge is -2.37. The van der Waals surface area contributed by atoms with Crippen molar-refractivity contribution in [1.82, 2.24) is 9.80 Å². The Morgan fingerprint density at radius 2 is 1.68 bits per heavy atom. The van der Waals surface area contributed by atoms with Gasteiger partial charge in [-0.25, -0.2) is 0 Å². The van der Waals surface area contributed by atoms with Crippen molar-refractivity contribution in [3.63, 3.8) is 0 Å². The number of hydrogen-bond acceptors (Lipinski definition) is 4. The van der Waals surface area contributed by atoms with E-state index >= 15 is 0 Å². The fourth-order valence-corrected chi connectivity index (χ4v) is 3.80. The summed E-state index contributed by atoms with van der Waals surface area (Å²) in [4.78, 5) is 29.1. The SMILES string of the molecule is O=C(CN1CCN(C(=O)C2COc3ccccc3C2)CC1)Nc1ccccc1. The third kappa shape index (κ3) is 4.34. The van der Waals surface area contributed by atoms with Crippen LogP contribution in [0.4, 0.5) is 5.69 Å². The first-order chi connectivity index (χ1) is 13.7. The molecule has 4 rings (SSSR count). The molecule has 2 aliphatic rings. The van der Waals surface area contributed by atoms with Crippen molar-refractivity contribution >= 4 is 17.5 Å². The largest absolute Gasteiger partial charge is 0.492 e. The maximum Gasteiger partial charge on any atom is 0.238 e. The summed E-state index contributed by atoms with van der Waals surface area (Å²) >= 11 is 0. The molecule has 1 saturated heterocycles. The molecular formula is C22H25N3O3. The second-order valence-corrected chi connectivity index (χ2v) is 7.34. The number of hydrogen-bond donors (Lipinski definition) is 1. The van der Waals surface area contributed by atoms with Crippen molar-refractivity contribution in [2.75, 3.05) is 44.6 Å². The number of nitrogens with one attached hydrogen (secondary N) is 1. The minimum atomic E-state index is -0.122. The lowest BCUT2D eigenvalue weighted by atomic mass is 9.95. The maximum atomic E-state index is 12.9. The van der Waals surface area contributed by atoms with Gasteiger partial charge in [0, 0.05) is 31.9 Å². The number of fused-ring (bicyclic) bond motifs is 1. The second-order valence-electron chi connectivity index (χ2n) is 7.34. The van der Waals surface area contributed by atoms with Gasteiger partial charge in [-0.1, -0.05) is 36.4 Å². The van der Waals surface area contributed by atoms with E-state index < -0.39 is 0 Å². The van der Waals surface area contributed by atoms with Crippen LogP contribution in [-0.4, -0.2) is 60.9 Å². The molecule has 6 nitrogen and oxygen atoms in total. The molecule has 0 radical (unpaired) electrons. The minimum Gasteiger partial charge on any atom is -0.492 e.